The van der Waals surface area contributed by atoms with Crippen molar-refractivity contribution < 1.29 is 14.7 Å². The lowest BCUT2D eigenvalue weighted by molar-refractivity contribution is -0.141. The number of carbonyl (C=O) groups is 2. The van der Waals surface area contributed by atoms with Gasteiger partial charge < -0.3 is 15.3 Å². The maximum atomic E-state index is 12.1. The van der Waals surface area contributed by atoms with Crippen LogP contribution in [0.25, 0.3) is 0 Å². The number of aliphatic carboxylic acids is 1. The largest absolute Gasteiger partial charge is 0.481 e. The Balaban J connectivity index is 1.84. The second kappa shape index (κ2) is 6.93. The van der Waals surface area contributed by atoms with Crippen molar-refractivity contribution in [1.82, 2.24) is 10.2 Å². The number of carboxylic acids is 1. The molecule has 2 amide bonds. The molecule has 2 atom stereocenters. The van der Waals surface area contributed by atoms with E-state index in [0.717, 1.165) is 16.5 Å². The van der Waals surface area contributed by atoms with Crippen LogP contribution in [0.3, 0.4) is 0 Å². The van der Waals surface area contributed by atoms with Crippen molar-refractivity contribution in [2.45, 2.75) is 31.8 Å². The highest BCUT2D eigenvalue weighted by Gasteiger charge is 2.30. The molecule has 0 saturated heterocycles. The molecule has 0 aromatic heterocycles. The first-order chi connectivity index (χ1) is 9.95. The molecule has 0 bridgehead atoms. The molecule has 114 valence electrons. The number of benzene rings is 1. The van der Waals surface area contributed by atoms with Gasteiger partial charge in [-0.25, -0.2) is 4.79 Å². The minimum absolute atomic E-state index is 0.0384. The Morgan fingerprint density at radius 2 is 2.19 bits per heavy atom. The van der Waals surface area contributed by atoms with Gasteiger partial charge in [0.15, 0.2) is 0 Å². The van der Waals surface area contributed by atoms with E-state index in [1.807, 2.05) is 24.3 Å². The number of carboxylic acid groups (broad SMARTS) is 1. The van der Waals surface area contributed by atoms with E-state index in [4.69, 9.17) is 5.11 Å². The summed E-state index contributed by atoms with van der Waals surface area (Å²) < 4.78 is 0.980. The third-order valence-corrected chi connectivity index (χ3v) is 4.26. The predicted molar refractivity (Wildman–Crippen MR) is 82.9 cm³/mol. The van der Waals surface area contributed by atoms with E-state index in [-0.39, 0.29) is 18.0 Å². The van der Waals surface area contributed by atoms with Gasteiger partial charge in [0.2, 0.25) is 0 Å². The number of nitrogens with zero attached hydrogens (tertiary/aromatic N) is 1. The summed E-state index contributed by atoms with van der Waals surface area (Å²) >= 11 is 3.41. The number of hydrogen-bond acceptors (Lipinski definition) is 2. The van der Waals surface area contributed by atoms with E-state index >= 15 is 0 Å². The summed E-state index contributed by atoms with van der Waals surface area (Å²) in [6.45, 7) is 0.514. The van der Waals surface area contributed by atoms with Crippen LogP contribution >= 0.6 is 15.9 Å². The molecule has 0 spiro atoms. The van der Waals surface area contributed by atoms with Crippen LogP contribution < -0.4 is 5.32 Å². The van der Waals surface area contributed by atoms with Crippen LogP contribution in [0.4, 0.5) is 4.79 Å². The normalized spacial score (nSPS) is 21.0. The van der Waals surface area contributed by atoms with Crippen molar-refractivity contribution in [3.63, 3.8) is 0 Å². The number of halogens is 1. The van der Waals surface area contributed by atoms with Crippen LogP contribution in [0.1, 0.15) is 24.8 Å². The Bertz CT molecular complexity index is 535. The van der Waals surface area contributed by atoms with Crippen molar-refractivity contribution in [2.75, 3.05) is 7.05 Å². The molecule has 1 saturated carbocycles. The third-order valence-electron chi connectivity index (χ3n) is 3.76. The molecular weight excluding hydrogens is 336 g/mol. The second-order valence-electron chi connectivity index (χ2n) is 5.48. The molecule has 6 heteroatoms. The smallest absolute Gasteiger partial charge is 0.317 e. The Kier molecular flexibility index (Phi) is 5.22. The van der Waals surface area contributed by atoms with E-state index in [2.05, 4.69) is 21.2 Å². The summed E-state index contributed by atoms with van der Waals surface area (Å²) in [7, 11) is 1.74. The highest BCUT2D eigenvalue weighted by Crippen LogP contribution is 2.25. The zero-order valence-corrected chi connectivity index (χ0v) is 13.5. The number of rotatable bonds is 4. The first-order valence-electron chi connectivity index (χ1n) is 6.94. The Morgan fingerprint density at radius 3 is 2.81 bits per heavy atom. The third kappa shape index (κ3) is 4.46. The minimum Gasteiger partial charge on any atom is -0.481 e. The number of amides is 2. The van der Waals surface area contributed by atoms with Crippen molar-refractivity contribution in [3.05, 3.63) is 34.3 Å². The fourth-order valence-corrected chi connectivity index (χ4v) is 3.05. The van der Waals surface area contributed by atoms with Gasteiger partial charge in [-0.05, 0) is 37.0 Å². The highest BCUT2D eigenvalue weighted by atomic mass is 79.9. The van der Waals surface area contributed by atoms with E-state index in [9.17, 15) is 9.59 Å². The van der Waals surface area contributed by atoms with Crippen molar-refractivity contribution in [1.29, 1.82) is 0 Å². The Labute approximate surface area is 132 Å². The molecule has 2 rings (SSSR count). The Morgan fingerprint density at radius 1 is 1.43 bits per heavy atom. The number of carbonyl (C=O) groups excluding carboxylic acids is 1. The lowest BCUT2D eigenvalue weighted by atomic mass is 10.1. The van der Waals surface area contributed by atoms with Crippen molar-refractivity contribution in [3.8, 4) is 0 Å². The molecule has 2 N–H and O–H groups in total. The van der Waals surface area contributed by atoms with Gasteiger partial charge in [0, 0.05) is 24.1 Å². The molecule has 1 aromatic rings. The molecule has 5 nitrogen and oxygen atoms in total. The van der Waals surface area contributed by atoms with Gasteiger partial charge >= 0.3 is 12.0 Å². The SMILES string of the molecule is CN(Cc1cccc(Br)c1)C(=O)NC1CCC(C(=O)O)C1. The standard InChI is InChI=1S/C15H19BrN2O3/c1-18(9-10-3-2-4-12(16)7-10)15(21)17-13-6-5-11(8-13)14(19)20/h2-4,7,11,13H,5-6,8-9H2,1H3,(H,17,21)(H,19,20). The summed E-state index contributed by atoms with van der Waals surface area (Å²) in [4.78, 5) is 24.6. The first kappa shape index (κ1) is 15.8. The molecule has 0 aliphatic heterocycles. The summed E-state index contributed by atoms with van der Waals surface area (Å²) in [6.07, 6.45) is 1.88. The van der Waals surface area contributed by atoms with Crippen molar-refractivity contribution >= 4 is 27.9 Å². The molecule has 1 aliphatic carbocycles. The van der Waals surface area contributed by atoms with Crippen LogP contribution in [0.5, 0.6) is 0 Å². The van der Waals surface area contributed by atoms with E-state index in [1.165, 1.54) is 0 Å². The lowest BCUT2D eigenvalue weighted by Gasteiger charge is -2.21. The topological polar surface area (TPSA) is 69.6 Å². The van der Waals surface area contributed by atoms with Crippen LogP contribution in [0.2, 0.25) is 0 Å². The molecule has 2 unspecified atom stereocenters. The zero-order valence-electron chi connectivity index (χ0n) is 11.9. The Hall–Kier alpha value is -1.56. The monoisotopic (exact) mass is 354 g/mol. The van der Waals surface area contributed by atoms with Crippen LogP contribution in [-0.2, 0) is 11.3 Å². The van der Waals surface area contributed by atoms with Crippen molar-refractivity contribution in [2.24, 2.45) is 5.92 Å². The molecule has 1 fully saturated rings. The molecule has 0 heterocycles. The summed E-state index contributed by atoms with van der Waals surface area (Å²) in [5.74, 6) is -1.10. The number of nitrogens with one attached hydrogen (secondary N) is 1. The van der Waals surface area contributed by atoms with Gasteiger partial charge in [-0.3, -0.25) is 4.79 Å². The highest BCUT2D eigenvalue weighted by molar-refractivity contribution is 9.10. The maximum Gasteiger partial charge on any atom is 0.317 e. The van der Waals surface area contributed by atoms with Gasteiger partial charge in [0.25, 0.3) is 0 Å². The van der Waals surface area contributed by atoms with E-state index in [0.29, 0.717) is 19.4 Å². The van der Waals surface area contributed by atoms with Crippen LogP contribution in [0.15, 0.2) is 28.7 Å². The van der Waals surface area contributed by atoms with Crippen LogP contribution in [0, 0.1) is 5.92 Å². The fraction of sp³-hybridized carbons (Fsp3) is 0.467. The first-order valence-corrected chi connectivity index (χ1v) is 7.74. The summed E-state index contributed by atoms with van der Waals surface area (Å²) in [6, 6.07) is 7.60. The lowest BCUT2D eigenvalue weighted by Crippen LogP contribution is -2.42. The van der Waals surface area contributed by atoms with Gasteiger partial charge in [0.05, 0.1) is 5.92 Å². The van der Waals surface area contributed by atoms with Gasteiger partial charge in [-0.1, -0.05) is 28.1 Å². The summed E-state index contributed by atoms with van der Waals surface area (Å²) in [5.41, 5.74) is 1.04. The average Bonchev–Trinajstić information content (AvgIpc) is 2.87. The fourth-order valence-electron chi connectivity index (χ4n) is 2.60. The molecule has 21 heavy (non-hydrogen) atoms. The molecular formula is C15H19BrN2O3. The zero-order chi connectivity index (χ0) is 15.4. The maximum absolute atomic E-state index is 12.1. The predicted octanol–water partition coefficient (Wildman–Crippen LogP) is 2.84. The molecule has 0 radical (unpaired) electrons. The summed E-state index contributed by atoms with van der Waals surface area (Å²) in [5, 5.41) is 11.9. The number of hydrogen-bond donors (Lipinski definition) is 2. The van der Waals surface area contributed by atoms with Crippen LogP contribution in [-0.4, -0.2) is 35.1 Å². The average molecular weight is 355 g/mol. The van der Waals surface area contributed by atoms with Gasteiger partial charge in [-0.15, -0.1) is 0 Å². The minimum atomic E-state index is -0.769. The number of urea groups is 1. The second-order valence-corrected chi connectivity index (χ2v) is 6.40. The molecule has 1 aromatic carbocycles. The van der Waals surface area contributed by atoms with Gasteiger partial charge in [-0.2, -0.15) is 0 Å². The quantitative estimate of drug-likeness (QED) is 0.873. The van der Waals surface area contributed by atoms with E-state index in [1.54, 1.807) is 11.9 Å². The van der Waals surface area contributed by atoms with Gasteiger partial charge in [0.1, 0.15) is 0 Å². The van der Waals surface area contributed by atoms with E-state index < -0.39 is 5.97 Å². The molecule has 1 aliphatic rings.